The summed E-state index contributed by atoms with van der Waals surface area (Å²) in [5, 5.41) is 23.8. The summed E-state index contributed by atoms with van der Waals surface area (Å²) >= 11 is 0. The van der Waals surface area contributed by atoms with Crippen LogP contribution in [0.4, 0.5) is 0 Å². The molecule has 0 heterocycles. The van der Waals surface area contributed by atoms with Crippen molar-refractivity contribution in [2.45, 2.75) is 63.5 Å². The van der Waals surface area contributed by atoms with Gasteiger partial charge in [0.15, 0.2) is 5.78 Å². The van der Waals surface area contributed by atoms with Crippen LogP contribution in [0.25, 0.3) is 0 Å². The summed E-state index contributed by atoms with van der Waals surface area (Å²) in [5.41, 5.74) is 17.8. The minimum absolute atomic E-state index is 0.0432. The maximum atomic E-state index is 12.4. The van der Waals surface area contributed by atoms with Crippen LogP contribution in [0.3, 0.4) is 0 Å². The molecule has 0 aliphatic carbocycles. The average molecular weight is 550 g/mol. The molecule has 0 saturated heterocycles. The van der Waals surface area contributed by atoms with Gasteiger partial charge in [-0.1, -0.05) is 36.8 Å². The number of hydrogen-bond acceptors (Lipinski definition) is 9. The van der Waals surface area contributed by atoms with E-state index in [1.807, 2.05) is 30.3 Å². The minimum atomic E-state index is -0.921. The van der Waals surface area contributed by atoms with Crippen LogP contribution < -0.4 is 27.8 Å². The van der Waals surface area contributed by atoms with Crippen molar-refractivity contribution < 1.29 is 34.2 Å². The molecular weight excluding hydrogens is 506 g/mol. The van der Waals surface area contributed by atoms with E-state index in [9.17, 15) is 29.1 Å². The fraction of sp³-hybridized carbons (Fsp3) is 0.593. The summed E-state index contributed by atoms with van der Waals surface area (Å²) in [6.45, 7) is -0.727. The van der Waals surface area contributed by atoms with Gasteiger partial charge < -0.3 is 38.0 Å². The van der Waals surface area contributed by atoms with Gasteiger partial charge in [-0.3, -0.25) is 24.0 Å². The Morgan fingerprint density at radius 3 is 2.08 bits per heavy atom. The lowest BCUT2D eigenvalue weighted by Gasteiger charge is -2.16. The van der Waals surface area contributed by atoms with E-state index in [4.69, 9.17) is 22.3 Å². The zero-order valence-electron chi connectivity index (χ0n) is 22.3. The summed E-state index contributed by atoms with van der Waals surface area (Å²) in [7, 11) is 0. The molecule has 0 saturated carbocycles. The minimum Gasteiger partial charge on any atom is -0.396 e. The highest BCUT2D eigenvalue weighted by Gasteiger charge is 2.24. The zero-order valence-corrected chi connectivity index (χ0v) is 22.3. The molecule has 12 heteroatoms. The van der Waals surface area contributed by atoms with Crippen molar-refractivity contribution in [2.24, 2.45) is 29.0 Å². The van der Waals surface area contributed by atoms with Crippen molar-refractivity contribution in [1.82, 2.24) is 10.6 Å². The maximum absolute atomic E-state index is 12.4. The second-order valence-corrected chi connectivity index (χ2v) is 9.66. The molecule has 0 fully saturated rings. The zero-order chi connectivity index (χ0) is 29.2. The van der Waals surface area contributed by atoms with Crippen LogP contribution in [0.15, 0.2) is 30.3 Å². The number of nitrogens with two attached hydrogens (primary N) is 3. The van der Waals surface area contributed by atoms with Gasteiger partial charge in [0.05, 0.1) is 37.1 Å². The highest BCUT2D eigenvalue weighted by molar-refractivity contribution is 5.90. The summed E-state index contributed by atoms with van der Waals surface area (Å²) in [6.07, 6.45) is 2.70. The van der Waals surface area contributed by atoms with E-state index in [1.54, 1.807) is 0 Å². The Bertz CT molecular complexity index is 928. The molecule has 0 radical (unpaired) electrons. The SMILES string of the molecule is NC(=O)C(CO)CNC(=O)C(N)CCC(=O)CCCCCNC(=O)C(CO)CC(=O)C(N)Cc1ccccc1. The van der Waals surface area contributed by atoms with Crippen molar-refractivity contribution in [3.8, 4) is 0 Å². The Kier molecular flexibility index (Phi) is 16.5. The van der Waals surface area contributed by atoms with E-state index in [1.165, 1.54) is 0 Å². The highest BCUT2D eigenvalue weighted by Crippen LogP contribution is 2.10. The molecule has 12 nitrogen and oxygen atoms in total. The number of aliphatic hydroxyl groups excluding tert-OH is 2. The van der Waals surface area contributed by atoms with Crippen LogP contribution >= 0.6 is 0 Å². The molecule has 0 bridgehead atoms. The molecule has 0 aliphatic rings. The summed E-state index contributed by atoms with van der Waals surface area (Å²) < 4.78 is 0. The van der Waals surface area contributed by atoms with Crippen molar-refractivity contribution >= 4 is 29.3 Å². The lowest BCUT2D eigenvalue weighted by molar-refractivity contribution is -0.131. The third kappa shape index (κ3) is 14.0. The van der Waals surface area contributed by atoms with Crippen LogP contribution in [-0.4, -0.2) is 77.9 Å². The number of Topliss-reactive ketones (excluding diaryl/α,β-unsaturated/α-hetero) is 2. The van der Waals surface area contributed by atoms with E-state index < -0.39 is 54.9 Å². The lowest BCUT2D eigenvalue weighted by atomic mass is 9.95. The monoisotopic (exact) mass is 549 g/mol. The standard InChI is InChI=1S/C27H43N5O7/c28-22(27(39)32-15-20(17-34)25(30)37)11-10-21(35)9-5-2-6-12-31-26(38)19(16-33)14-24(36)23(29)13-18-7-3-1-4-8-18/h1,3-4,7-8,19-20,22-23,33-34H,2,5-6,9-17,28-29H2,(H2,30,37)(H,31,38)(H,32,39). The van der Waals surface area contributed by atoms with Crippen LogP contribution in [0.1, 0.15) is 50.5 Å². The molecule has 3 amide bonds. The van der Waals surface area contributed by atoms with Gasteiger partial charge in [0, 0.05) is 32.4 Å². The van der Waals surface area contributed by atoms with Gasteiger partial charge in [0.2, 0.25) is 17.7 Å². The van der Waals surface area contributed by atoms with E-state index in [2.05, 4.69) is 10.6 Å². The third-order valence-electron chi connectivity index (χ3n) is 6.40. The first-order chi connectivity index (χ1) is 18.6. The van der Waals surface area contributed by atoms with Crippen LogP contribution in [0.2, 0.25) is 0 Å². The van der Waals surface area contributed by atoms with Gasteiger partial charge in [-0.05, 0) is 31.2 Å². The molecule has 4 unspecified atom stereocenters. The maximum Gasteiger partial charge on any atom is 0.236 e. The largest absolute Gasteiger partial charge is 0.396 e. The second kappa shape index (κ2) is 19.0. The second-order valence-electron chi connectivity index (χ2n) is 9.66. The van der Waals surface area contributed by atoms with Crippen LogP contribution in [0.5, 0.6) is 0 Å². The number of benzene rings is 1. The fourth-order valence-corrected chi connectivity index (χ4v) is 3.78. The number of aliphatic hydroxyl groups is 2. The molecule has 218 valence electrons. The smallest absolute Gasteiger partial charge is 0.236 e. The van der Waals surface area contributed by atoms with Gasteiger partial charge in [0.25, 0.3) is 0 Å². The molecule has 0 spiro atoms. The molecule has 1 aromatic rings. The van der Waals surface area contributed by atoms with Crippen molar-refractivity contribution in [3.63, 3.8) is 0 Å². The summed E-state index contributed by atoms with van der Waals surface area (Å²) in [5.74, 6) is -3.77. The van der Waals surface area contributed by atoms with Gasteiger partial charge >= 0.3 is 0 Å². The number of ketones is 2. The lowest BCUT2D eigenvalue weighted by Crippen LogP contribution is -2.45. The van der Waals surface area contributed by atoms with Crippen LogP contribution in [-0.2, 0) is 30.4 Å². The predicted octanol–water partition coefficient (Wildman–Crippen LogP) is -1.31. The Hall–Kier alpha value is -3.19. The van der Waals surface area contributed by atoms with E-state index in [0.29, 0.717) is 38.6 Å². The molecule has 0 aliphatic heterocycles. The third-order valence-corrected chi connectivity index (χ3v) is 6.40. The fourth-order valence-electron chi connectivity index (χ4n) is 3.78. The van der Waals surface area contributed by atoms with Crippen molar-refractivity contribution in [3.05, 3.63) is 35.9 Å². The molecule has 39 heavy (non-hydrogen) atoms. The van der Waals surface area contributed by atoms with Gasteiger partial charge in [-0.25, -0.2) is 0 Å². The number of carbonyl (C=O) groups excluding carboxylic acids is 5. The molecule has 1 rings (SSSR count). The average Bonchev–Trinajstić information content (AvgIpc) is 2.92. The quantitative estimate of drug-likeness (QED) is 0.0901. The van der Waals surface area contributed by atoms with Crippen molar-refractivity contribution in [1.29, 1.82) is 0 Å². The first-order valence-corrected chi connectivity index (χ1v) is 13.2. The number of hydrogen-bond donors (Lipinski definition) is 7. The van der Waals surface area contributed by atoms with Crippen LogP contribution in [0, 0.1) is 11.8 Å². The number of rotatable bonds is 21. The molecule has 1 aromatic carbocycles. The molecular formula is C27H43N5O7. The molecule has 4 atom stereocenters. The van der Waals surface area contributed by atoms with E-state index in [-0.39, 0.29) is 37.4 Å². The Morgan fingerprint density at radius 2 is 1.46 bits per heavy atom. The van der Waals surface area contributed by atoms with Gasteiger partial charge in [-0.2, -0.15) is 0 Å². The number of carbonyl (C=O) groups is 5. The van der Waals surface area contributed by atoms with Crippen molar-refractivity contribution in [2.75, 3.05) is 26.3 Å². The van der Waals surface area contributed by atoms with Gasteiger partial charge in [-0.15, -0.1) is 0 Å². The Balaban J connectivity index is 2.21. The molecule has 10 N–H and O–H groups in total. The normalized spacial score (nSPS) is 14.1. The first kappa shape index (κ1) is 33.8. The van der Waals surface area contributed by atoms with E-state index in [0.717, 1.165) is 5.56 Å². The van der Waals surface area contributed by atoms with E-state index >= 15 is 0 Å². The number of primary amides is 1. The number of amides is 3. The summed E-state index contributed by atoms with van der Waals surface area (Å²) in [6, 6.07) is 7.65. The first-order valence-electron chi connectivity index (χ1n) is 13.2. The Morgan fingerprint density at radius 1 is 0.795 bits per heavy atom. The summed E-state index contributed by atoms with van der Waals surface area (Å²) in [4.78, 5) is 59.9. The highest BCUT2D eigenvalue weighted by atomic mass is 16.3. The topological polar surface area (TPSA) is 228 Å². The molecule has 0 aromatic heterocycles. The predicted molar refractivity (Wildman–Crippen MR) is 145 cm³/mol. The van der Waals surface area contributed by atoms with Gasteiger partial charge in [0.1, 0.15) is 5.78 Å². The number of unbranched alkanes of at least 4 members (excludes halogenated alkanes) is 2. The Labute approximate surface area is 229 Å². The number of nitrogens with one attached hydrogen (secondary N) is 2.